The molecule has 3 rings (SSSR count). The minimum atomic E-state index is -0.275. The smallest absolute Gasteiger partial charge is 0.230 e. The zero-order valence-corrected chi connectivity index (χ0v) is 15.3. The lowest BCUT2D eigenvalue weighted by molar-refractivity contribution is -0.118. The van der Waals surface area contributed by atoms with Gasteiger partial charge in [0.2, 0.25) is 11.1 Å². The van der Waals surface area contributed by atoms with Crippen LogP contribution in [0.1, 0.15) is 16.7 Å². The first-order valence-corrected chi connectivity index (χ1v) is 9.01. The van der Waals surface area contributed by atoms with E-state index in [1.807, 2.05) is 31.2 Å². The topological polar surface area (TPSA) is 72.7 Å². The number of hydrogen-bond acceptors (Lipinski definition) is 5. The predicted octanol–water partition coefficient (Wildman–Crippen LogP) is 2.83. The molecule has 0 fully saturated rings. The molecule has 0 bridgehead atoms. The zero-order valence-electron chi connectivity index (χ0n) is 14.4. The van der Waals surface area contributed by atoms with Crippen molar-refractivity contribution < 1.29 is 9.18 Å². The van der Waals surface area contributed by atoms with E-state index in [0.717, 1.165) is 16.8 Å². The van der Waals surface area contributed by atoms with Crippen LogP contribution in [0, 0.1) is 19.7 Å². The van der Waals surface area contributed by atoms with Crippen molar-refractivity contribution in [2.45, 2.75) is 25.5 Å². The second-order valence-electron chi connectivity index (χ2n) is 5.86. The Morgan fingerprint density at radius 3 is 2.85 bits per heavy atom. The van der Waals surface area contributed by atoms with Crippen molar-refractivity contribution >= 4 is 17.7 Å². The summed E-state index contributed by atoms with van der Waals surface area (Å²) in [4.78, 5) is 12.1. The van der Waals surface area contributed by atoms with E-state index in [1.54, 1.807) is 23.7 Å². The summed E-state index contributed by atoms with van der Waals surface area (Å²) >= 11 is 1.24. The number of benzene rings is 2. The number of aryl methyl sites for hydroxylation is 2. The fourth-order valence-corrected chi connectivity index (χ4v) is 3.04. The highest BCUT2D eigenvalue weighted by Crippen LogP contribution is 2.18. The van der Waals surface area contributed by atoms with Gasteiger partial charge in [0.15, 0.2) is 0 Å². The van der Waals surface area contributed by atoms with Crippen LogP contribution < -0.4 is 5.32 Å². The standard InChI is InChI=1S/C18H18FN5OS/c1-12-4-3-5-15(8-12)24-18(21-22-23-24)26-11-17(25)20-10-14-7-6-13(2)16(19)9-14/h3-9H,10-11H2,1-2H3,(H,20,25). The molecule has 0 spiro atoms. The van der Waals surface area contributed by atoms with Crippen molar-refractivity contribution in [3.8, 4) is 5.69 Å². The fraction of sp³-hybridized carbons (Fsp3) is 0.222. The predicted molar refractivity (Wildman–Crippen MR) is 97.6 cm³/mol. The van der Waals surface area contributed by atoms with Gasteiger partial charge in [-0.1, -0.05) is 36.0 Å². The molecule has 2 aromatic carbocycles. The van der Waals surface area contributed by atoms with Crippen LogP contribution in [-0.2, 0) is 11.3 Å². The zero-order chi connectivity index (χ0) is 18.5. The Kier molecular flexibility index (Phi) is 5.62. The molecular weight excluding hydrogens is 353 g/mol. The maximum atomic E-state index is 13.5. The van der Waals surface area contributed by atoms with Crippen LogP contribution in [0.5, 0.6) is 0 Å². The molecule has 0 atom stereocenters. The summed E-state index contributed by atoms with van der Waals surface area (Å²) in [5, 5.41) is 14.9. The van der Waals surface area contributed by atoms with Gasteiger partial charge in [-0.3, -0.25) is 4.79 Å². The Balaban J connectivity index is 1.57. The molecule has 134 valence electrons. The Morgan fingerprint density at radius 1 is 1.23 bits per heavy atom. The van der Waals surface area contributed by atoms with Gasteiger partial charge in [0.05, 0.1) is 11.4 Å². The second-order valence-corrected chi connectivity index (χ2v) is 6.80. The van der Waals surface area contributed by atoms with Gasteiger partial charge in [-0.25, -0.2) is 4.39 Å². The number of hydrogen-bond donors (Lipinski definition) is 1. The second kappa shape index (κ2) is 8.09. The van der Waals surface area contributed by atoms with Gasteiger partial charge < -0.3 is 5.32 Å². The first-order chi connectivity index (χ1) is 12.5. The maximum Gasteiger partial charge on any atom is 0.230 e. The van der Waals surface area contributed by atoms with Crippen molar-refractivity contribution in [2.24, 2.45) is 0 Å². The largest absolute Gasteiger partial charge is 0.351 e. The van der Waals surface area contributed by atoms with Gasteiger partial charge in [0.25, 0.3) is 0 Å². The van der Waals surface area contributed by atoms with E-state index in [9.17, 15) is 9.18 Å². The lowest BCUT2D eigenvalue weighted by Crippen LogP contribution is -2.24. The lowest BCUT2D eigenvalue weighted by atomic mass is 10.1. The summed E-state index contributed by atoms with van der Waals surface area (Å²) in [7, 11) is 0. The van der Waals surface area contributed by atoms with E-state index in [0.29, 0.717) is 10.7 Å². The molecule has 0 radical (unpaired) electrons. The van der Waals surface area contributed by atoms with E-state index in [2.05, 4.69) is 20.8 Å². The number of thioether (sulfide) groups is 1. The van der Waals surface area contributed by atoms with Crippen LogP contribution >= 0.6 is 11.8 Å². The summed E-state index contributed by atoms with van der Waals surface area (Å²) in [6.45, 7) is 3.97. The van der Waals surface area contributed by atoms with E-state index >= 15 is 0 Å². The molecule has 1 amide bonds. The highest BCUT2D eigenvalue weighted by atomic mass is 32.2. The van der Waals surface area contributed by atoms with Gasteiger partial charge in [-0.15, -0.1) is 5.10 Å². The molecule has 0 saturated heterocycles. The third-order valence-corrected chi connectivity index (χ3v) is 4.66. The SMILES string of the molecule is Cc1cccc(-n2nnnc2SCC(=O)NCc2ccc(C)c(F)c2)c1. The van der Waals surface area contributed by atoms with Gasteiger partial charge in [-0.05, 0) is 59.2 Å². The summed E-state index contributed by atoms with van der Waals surface area (Å²) in [5.41, 5.74) is 3.24. The Morgan fingerprint density at radius 2 is 2.08 bits per heavy atom. The van der Waals surface area contributed by atoms with Gasteiger partial charge >= 0.3 is 0 Å². The monoisotopic (exact) mass is 371 g/mol. The number of amides is 1. The molecule has 0 aliphatic carbocycles. The molecule has 1 aromatic heterocycles. The number of nitrogens with one attached hydrogen (secondary N) is 1. The van der Waals surface area contributed by atoms with Crippen LogP contribution in [0.4, 0.5) is 4.39 Å². The molecule has 0 unspecified atom stereocenters. The normalized spacial score (nSPS) is 10.7. The van der Waals surface area contributed by atoms with Crippen LogP contribution in [0.25, 0.3) is 5.69 Å². The third kappa shape index (κ3) is 4.45. The van der Waals surface area contributed by atoms with Crippen LogP contribution in [0.3, 0.4) is 0 Å². The molecule has 26 heavy (non-hydrogen) atoms. The number of tetrazole rings is 1. The van der Waals surface area contributed by atoms with Crippen LogP contribution in [-0.4, -0.2) is 31.9 Å². The summed E-state index contributed by atoms with van der Waals surface area (Å²) in [6.07, 6.45) is 0. The number of nitrogens with zero attached hydrogens (tertiary/aromatic N) is 4. The molecule has 1 N–H and O–H groups in total. The Bertz CT molecular complexity index is 927. The number of halogens is 1. The van der Waals surface area contributed by atoms with Crippen molar-refractivity contribution in [3.05, 3.63) is 65.0 Å². The highest BCUT2D eigenvalue weighted by Gasteiger charge is 2.12. The summed E-state index contributed by atoms with van der Waals surface area (Å²) in [5.74, 6) is -0.279. The van der Waals surface area contributed by atoms with Crippen molar-refractivity contribution in [2.75, 3.05) is 5.75 Å². The summed E-state index contributed by atoms with van der Waals surface area (Å²) < 4.78 is 15.1. The average molecular weight is 371 g/mol. The Labute approximate surface area is 154 Å². The van der Waals surface area contributed by atoms with Gasteiger partial charge in [-0.2, -0.15) is 4.68 Å². The van der Waals surface area contributed by atoms with Crippen LogP contribution in [0.2, 0.25) is 0 Å². The minimum absolute atomic E-state index is 0.167. The van der Waals surface area contributed by atoms with Gasteiger partial charge in [0, 0.05) is 6.54 Å². The third-order valence-electron chi connectivity index (χ3n) is 3.75. The highest BCUT2D eigenvalue weighted by molar-refractivity contribution is 7.99. The number of aromatic nitrogens is 4. The van der Waals surface area contributed by atoms with Crippen molar-refractivity contribution in [1.29, 1.82) is 0 Å². The van der Waals surface area contributed by atoms with E-state index in [1.165, 1.54) is 17.8 Å². The molecular formula is C18H18FN5OS. The molecule has 0 saturated carbocycles. The fourth-order valence-electron chi connectivity index (χ4n) is 2.32. The summed E-state index contributed by atoms with van der Waals surface area (Å²) in [6, 6.07) is 12.7. The first-order valence-electron chi connectivity index (χ1n) is 8.03. The van der Waals surface area contributed by atoms with E-state index < -0.39 is 0 Å². The molecule has 3 aromatic rings. The number of carbonyl (C=O) groups excluding carboxylic acids is 1. The van der Waals surface area contributed by atoms with E-state index in [-0.39, 0.29) is 24.0 Å². The van der Waals surface area contributed by atoms with Gasteiger partial charge in [0.1, 0.15) is 5.82 Å². The van der Waals surface area contributed by atoms with E-state index in [4.69, 9.17) is 0 Å². The Hall–Kier alpha value is -2.74. The maximum absolute atomic E-state index is 13.5. The first kappa shape index (κ1) is 18.1. The molecule has 8 heteroatoms. The minimum Gasteiger partial charge on any atom is -0.351 e. The lowest BCUT2D eigenvalue weighted by Gasteiger charge is -2.07. The van der Waals surface area contributed by atoms with Crippen molar-refractivity contribution in [1.82, 2.24) is 25.5 Å². The quantitative estimate of drug-likeness (QED) is 0.675. The van der Waals surface area contributed by atoms with Crippen molar-refractivity contribution in [3.63, 3.8) is 0 Å². The molecule has 0 aliphatic heterocycles. The molecule has 6 nitrogen and oxygen atoms in total. The molecule has 0 aliphatic rings. The number of rotatable bonds is 6. The van der Waals surface area contributed by atoms with Crippen LogP contribution in [0.15, 0.2) is 47.6 Å². The molecule has 1 heterocycles. The average Bonchev–Trinajstić information content (AvgIpc) is 3.09. The number of carbonyl (C=O) groups is 1.